The van der Waals surface area contributed by atoms with E-state index in [1.54, 1.807) is 28.8 Å². The van der Waals surface area contributed by atoms with Crippen LogP contribution in [0.15, 0.2) is 30.0 Å². The van der Waals surface area contributed by atoms with Gasteiger partial charge in [-0.05, 0) is 11.4 Å². The minimum absolute atomic E-state index is 0.0456. The van der Waals surface area contributed by atoms with Crippen LogP contribution in [0.3, 0.4) is 0 Å². The third-order valence-electron chi connectivity index (χ3n) is 3.76. The number of nitrogens with zero attached hydrogens (tertiary/aromatic N) is 3. The van der Waals surface area contributed by atoms with Crippen molar-refractivity contribution in [3.05, 3.63) is 40.6 Å². The van der Waals surface area contributed by atoms with Gasteiger partial charge in [-0.15, -0.1) is 11.3 Å². The summed E-state index contributed by atoms with van der Waals surface area (Å²) in [6.45, 7) is 1.21. The average Bonchev–Trinajstić information content (AvgIpc) is 3.14. The molecule has 23 heavy (non-hydrogen) atoms. The van der Waals surface area contributed by atoms with E-state index in [0.717, 1.165) is 16.8 Å². The molecule has 3 heterocycles. The Hall–Kier alpha value is -1.71. The zero-order valence-electron chi connectivity index (χ0n) is 12.7. The Morgan fingerprint density at radius 2 is 2.35 bits per heavy atom. The molecule has 0 saturated heterocycles. The van der Waals surface area contributed by atoms with E-state index in [4.69, 9.17) is 0 Å². The maximum Gasteiger partial charge on any atom is 0.228 e. The van der Waals surface area contributed by atoms with Crippen molar-refractivity contribution in [3.8, 4) is 0 Å². The second-order valence-electron chi connectivity index (χ2n) is 5.60. The van der Waals surface area contributed by atoms with Gasteiger partial charge in [0.1, 0.15) is 0 Å². The normalized spacial score (nSPS) is 18.0. The first-order valence-corrected chi connectivity index (χ1v) is 9.95. The van der Waals surface area contributed by atoms with Gasteiger partial charge in [-0.3, -0.25) is 4.79 Å². The van der Waals surface area contributed by atoms with E-state index in [2.05, 4.69) is 9.71 Å². The quantitative estimate of drug-likeness (QED) is 0.853. The van der Waals surface area contributed by atoms with Crippen molar-refractivity contribution in [2.24, 2.45) is 0 Å². The Labute approximate surface area is 139 Å². The van der Waals surface area contributed by atoms with Crippen molar-refractivity contribution >= 4 is 27.3 Å². The van der Waals surface area contributed by atoms with E-state index in [-0.39, 0.29) is 18.5 Å². The predicted molar refractivity (Wildman–Crippen MR) is 87.6 cm³/mol. The van der Waals surface area contributed by atoms with Gasteiger partial charge >= 0.3 is 0 Å². The molecule has 1 amide bonds. The molecular weight excluding hydrogens is 336 g/mol. The largest absolute Gasteiger partial charge is 0.334 e. The highest BCUT2D eigenvalue weighted by atomic mass is 32.2. The lowest BCUT2D eigenvalue weighted by Crippen LogP contribution is -2.45. The molecule has 1 aliphatic heterocycles. The van der Waals surface area contributed by atoms with E-state index in [1.807, 2.05) is 22.1 Å². The number of rotatable bonds is 5. The number of fused-ring (bicyclic) bond motifs is 1. The highest BCUT2D eigenvalue weighted by Gasteiger charge is 2.28. The topological polar surface area (TPSA) is 84.3 Å². The Bertz CT molecular complexity index is 783. The van der Waals surface area contributed by atoms with E-state index in [1.165, 1.54) is 0 Å². The molecule has 0 aliphatic carbocycles. The molecule has 3 rings (SSSR count). The minimum Gasteiger partial charge on any atom is -0.334 e. The van der Waals surface area contributed by atoms with Gasteiger partial charge in [0.25, 0.3) is 0 Å². The van der Waals surface area contributed by atoms with Gasteiger partial charge < -0.3 is 9.47 Å². The van der Waals surface area contributed by atoms with Gasteiger partial charge in [0.2, 0.25) is 15.9 Å². The summed E-state index contributed by atoms with van der Waals surface area (Å²) in [4.78, 5) is 19.4. The number of imidazole rings is 1. The predicted octanol–water partition coefficient (Wildman–Crippen LogP) is 0.620. The van der Waals surface area contributed by atoms with Gasteiger partial charge in [-0.2, -0.15) is 0 Å². The van der Waals surface area contributed by atoms with E-state index >= 15 is 0 Å². The summed E-state index contributed by atoms with van der Waals surface area (Å²) in [6, 6.07) is 3.72. The molecule has 0 saturated carbocycles. The monoisotopic (exact) mass is 354 g/mol. The number of hydrogen-bond donors (Lipinski definition) is 1. The van der Waals surface area contributed by atoms with Crippen molar-refractivity contribution in [2.45, 2.75) is 19.0 Å². The third kappa shape index (κ3) is 3.98. The number of amides is 1. The van der Waals surface area contributed by atoms with Crippen molar-refractivity contribution < 1.29 is 13.2 Å². The molecule has 0 spiro atoms. The molecule has 0 bridgehead atoms. The SMILES string of the molecule is CS(=O)(=O)NC[C@H]1CN(C(=O)Cc2cccs2)Cc2cncn21. The summed E-state index contributed by atoms with van der Waals surface area (Å²) in [7, 11) is -3.27. The number of carbonyl (C=O) groups excluding carboxylic acids is 1. The highest BCUT2D eigenvalue weighted by molar-refractivity contribution is 7.88. The number of aromatic nitrogens is 2. The summed E-state index contributed by atoms with van der Waals surface area (Å²) in [5.74, 6) is 0.0456. The molecular formula is C14H18N4O3S2. The summed E-state index contributed by atoms with van der Waals surface area (Å²) in [6.07, 6.45) is 4.91. The second-order valence-corrected chi connectivity index (χ2v) is 8.46. The second kappa shape index (κ2) is 6.42. The minimum atomic E-state index is -3.27. The number of sulfonamides is 1. The first-order chi connectivity index (χ1) is 10.9. The molecule has 1 atom stereocenters. The van der Waals surface area contributed by atoms with Gasteiger partial charge in [-0.25, -0.2) is 18.1 Å². The molecule has 0 aromatic carbocycles. The van der Waals surface area contributed by atoms with Crippen LogP contribution < -0.4 is 4.72 Å². The van der Waals surface area contributed by atoms with Gasteiger partial charge in [-0.1, -0.05) is 6.07 Å². The molecule has 124 valence electrons. The molecule has 0 unspecified atom stereocenters. The van der Waals surface area contributed by atoms with Crippen LogP contribution in [-0.2, 0) is 27.8 Å². The first-order valence-electron chi connectivity index (χ1n) is 7.18. The lowest BCUT2D eigenvalue weighted by molar-refractivity contribution is -0.132. The van der Waals surface area contributed by atoms with Crippen LogP contribution in [0.25, 0.3) is 0 Å². The van der Waals surface area contributed by atoms with Crippen molar-refractivity contribution in [1.29, 1.82) is 0 Å². The number of thiophene rings is 1. The number of hydrogen-bond acceptors (Lipinski definition) is 5. The van der Waals surface area contributed by atoms with E-state index in [9.17, 15) is 13.2 Å². The Balaban J connectivity index is 1.73. The highest BCUT2D eigenvalue weighted by Crippen LogP contribution is 2.22. The standard InChI is InChI=1S/C14H18N4O3S2/c1-23(20,21)16-7-12-9-17(8-11-6-15-10-18(11)12)14(19)5-13-3-2-4-22-13/h2-4,6,10,12,16H,5,7-9H2,1H3/t12-/m0/s1. The maximum absolute atomic E-state index is 12.5. The summed E-state index contributed by atoms with van der Waals surface area (Å²) in [5, 5.41) is 1.95. The van der Waals surface area contributed by atoms with Gasteiger partial charge in [0.05, 0.1) is 37.3 Å². The fraction of sp³-hybridized carbons (Fsp3) is 0.429. The molecule has 0 radical (unpaired) electrons. The molecule has 1 N–H and O–H groups in total. The van der Waals surface area contributed by atoms with E-state index < -0.39 is 10.0 Å². The van der Waals surface area contributed by atoms with E-state index in [0.29, 0.717) is 19.5 Å². The van der Waals surface area contributed by atoms with Crippen LogP contribution in [0.2, 0.25) is 0 Å². The van der Waals surface area contributed by atoms with Crippen LogP contribution in [0.1, 0.15) is 16.6 Å². The van der Waals surface area contributed by atoms with Gasteiger partial charge in [0.15, 0.2) is 0 Å². The fourth-order valence-corrected chi connectivity index (χ4v) is 3.85. The number of nitrogens with one attached hydrogen (secondary N) is 1. The van der Waals surface area contributed by atoms with Crippen LogP contribution in [0, 0.1) is 0 Å². The molecule has 7 nitrogen and oxygen atoms in total. The fourth-order valence-electron chi connectivity index (χ4n) is 2.66. The Kier molecular flexibility index (Phi) is 4.51. The molecule has 2 aromatic rings. The average molecular weight is 354 g/mol. The van der Waals surface area contributed by atoms with Crippen LogP contribution >= 0.6 is 11.3 Å². The number of carbonyl (C=O) groups is 1. The van der Waals surface area contributed by atoms with Crippen LogP contribution in [0.4, 0.5) is 0 Å². The summed E-state index contributed by atoms with van der Waals surface area (Å²) >= 11 is 1.56. The summed E-state index contributed by atoms with van der Waals surface area (Å²) in [5.41, 5.74) is 0.913. The van der Waals surface area contributed by atoms with Crippen molar-refractivity contribution in [2.75, 3.05) is 19.3 Å². The first kappa shape index (κ1) is 16.2. The Morgan fingerprint density at radius 3 is 3.04 bits per heavy atom. The van der Waals surface area contributed by atoms with Gasteiger partial charge in [0, 0.05) is 24.2 Å². The van der Waals surface area contributed by atoms with Crippen molar-refractivity contribution in [3.63, 3.8) is 0 Å². The molecule has 1 aliphatic rings. The maximum atomic E-state index is 12.5. The molecule has 2 aromatic heterocycles. The smallest absolute Gasteiger partial charge is 0.228 e. The van der Waals surface area contributed by atoms with Crippen molar-refractivity contribution in [1.82, 2.24) is 19.2 Å². The lowest BCUT2D eigenvalue weighted by Gasteiger charge is -2.34. The van der Waals surface area contributed by atoms with Crippen LogP contribution in [0.5, 0.6) is 0 Å². The molecule has 0 fully saturated rings. The zero-order valence-corrected chi connectivity index (χ0v) is 14.3. The zero-order chi connectivity index (χ0) is 16.4. The molecule has 9 heteroatoms. The summed E-state index contributed by atoms with van der Waals surface area (Å²) < 4.78 is 27.1. The lowest BCUT2D eigenvalue weighted by atomic mass is 10.1. The van der Waals surface area contributed by atoms with Crippen LogP contribution in [-0.4, -0.2) is 48.1 Å². The Morgan fingerprint density at radius 1 is 1.52 bits per heavy atom. The third-order valence-corrected chi connectivity index (χ3v) is 5.33.